The van der Waals surface area contributed by atoms with Gasteiger partial charge < -0.3 is 14.6 Å². The van der Waals surface area contributed by atoms with E-state index in [4.69, 9.17) is 9.47 Å². The molecule has 0 bridgehead atoms. The van der Waals surface area contributed by atoms with E-state index in [0.717, 1.165) is 6.42 Å². The largest absolute Gasteiger partial charge is 0.494 e. The molecule has 190 valence electrons. The number of anilines is 1. The second-order valence-corrected chi connectivity index (χ2v) is 11.0. The number of hydrogen-bond donors (Lipinski definition) is 2. The summed E-state index contributed by atoms with van der Waals surface area (Å²) in [6.07, 6.45) is 3.91. The minimum atomic E-state index is -3.96. The number of hydrogen-bond acceptors (Lipinski definition) is 8. The van der Waals surface area contributed by atoms with Crippen molar-refractivity contribution in [1.29, 1.82) is 0 Å². The van der Waals surface area contributed by atoms with Crippen molar-refractivity contribution in [2.75, 3.05) is 17.9 Å². The molecule has 2 heterocycles. The predicted molar refractivity (Wildman–Crippen MR) is 133 cm³/mol. The summed E-state index contributed by atoms with van der Waals surface area (Å²) in [4.78, 5) is 8.62. The van der Waals surface area contributed by atoms with E-state index in [1.54, 1.807) is 27.0 Å². The van der Waals surface area contributed by atoms with Crippen LogP contribution in [0.5, 0.6) is 11.6 Å². The van der Waals surface area contributed by atoms with Gasteiger partial charge in [0, 0.05) is 31.3 Å². The van der Waals surface area contributed by atoms with Crippen molar-refractivity contribution < 1.29 is 23.0 Å². The lowest BCUT2D eigenvalue weighted by Gasteiger charge is -2.17. The molecule has 2 aromatic heterocycles. The minimum absolute atomic E-state index is 0.0148. The van der Waals surface area contributed by atoms with Crippen LogP contribution in [0, 0.1) is 5.92 Å². The van der Waals surface area contributed by atoms with Crippen molar-refractivity contribution in [2.24, 2.45) is 13.0 Å². The molecule has 0 fully saturated rings. The number of benzene rings is 1. The van der Waals surface area contributed by atoms with E-state index < -0.39 is 15.6 Å². The second-order valence-electron chi connectivity index (χ2n) is 9.34. The number of aromatic nitrogens is 4. The van der Waals surface area contributed by atoms with E-state index in [-0.39, 0.29) is 23.3 Å². The summed E-state index contributed by atoms with van der Waals surface area (Å²) in [5.74, 6) is 1.24. The van der Waals surface area contributed by atoms with Crippen LogP contribution in [0.2, 0.25) is 0 Å². The number of nitrogens with zero attached hydrogens (tertiary/aromatic N) is 4. The van der Waals surface area contributed by atoms with Crippen LogP contribution in [0.25, 0.3) is 11.3 Å². The second kappa shape index (κ2) is 11.0. The molecule has 0 amide bonds. The highest BCUT2D eigenvalue weighted by atomic mass is 32.2. The standard InChI is InChI=1S/C24H33N5O5S/c1-17(2)9-11-33-19-8-6-7-18(13-19)21-14-22(34-12-10-24(3,4)30)27-23(26-21)28-35(31,32)20-15-25-29(5)16-20/h6-8,13-17,30H,9-12H2,1-5H3,(H,26,27,28). The van der Waals surface area contributed by atoms with Crippen molar-refractivity contribution in [3.8, 4) is 22.9 Å². The molecule has 0 saturated heterocycles. The first-order valence-electron chi connectivity index (χ1n) is 11.4. The molecule has 0 atom stereocenters. The summed E-state index contributed by atoms with van der Waals surface area (Å²) in [5, 5.41) is 13.9. The van der Waals surface area contributed by atoms with Gasteiger partial charge in [-0.25, -0.2) is 18.1 Å². The van der Waals surface area contributed by atoms with Gasteiger partial charge in [-0.3, -0.25) is 4.68 Å². The van der Waals surface area contributed by atoms with Crippen LogP contribution in [0.1, 0.15) is 40.5 Å². The van der Waals surface area contributed by atoms with E-state index in [2.05, 4.69) is 33.6 Å². The Hall–Kier alpha value is -3.18. The Balaban J connectivity index is 1.90. The highest BCUT2D eigenvalue weighted by Crippen LogP contribution is 2.27. The Kier molecular flexibility index (Phi) is 8.34. The summed E-state index contributed by atoms with van der Waals surface area (Å²) in [6, 6.07) is 9.01. The normalized spacial score (nSPS) is 12.1. The third-order valence-electron chi connectivity index (χ3n) is 4.98. The zero-order valence-electron chi connectivity index (χ0n) is 20.7. The maximum absolute atomic E-state index is 12.8. The van der Waals surface area contributed by atoms with Crippen molar-refractivity contribution in [3.05, 3.63) is 42.7 Å². The molecule has 0 unspecified atom stereocenters. The number of sulfonamides is 1. The van der Waals surface area contributed by atoms with Gasteiger partial charge in [0.05, 0.1) is 30.7 Å². The van der Waals surface area contributed by atoms with Crippen LogP contribution >= 0.6 is 0 Å². The Morgan fingerprint density at radius 3 is 2.57 bits per heavy atom. The van der Waals surface area contributed by atoms with Gasteiger partial charge in [0.15, 0.2) is 0 Å². The number of aryl methyl sites for hydroxylation is 1. The molecule has 10 nitrogen and oxygen atoms in total. The molecule has 2 N–H and O–H groups in total. The predicted octanol–water partition coefficient (Wildman–Crippen LogP) is 3.64. The Labute approximate surface area is 206 Å². The molecular formula is C24H33N5O5S. The zero-order valence-corrected chi connectivity index (χ0v) is 21.5. The van der Waals surface area contributed by atoms with Gasteiger partial charge in [-0.2, -0.15) is 10.1 Å². The van der Waals surface area contributed by atoms with Crippen molar-refractivity contribution >= 4 is 16.0 Å². The van der Waals surface area contributed by atoms with E-state index in [1.165, 1.54) is 17.1 Å². The maximum atomic E-state index is 12.8. The van der Waals surface area contributed by atoms with Crippen LogP contribution in [0.4, 0.5) is 5.95 Å². The molecule has 1 aromatic carbocycles. The fourth-order valence-corrected chi connectivity index (χ4v) is 3.90. The van der Waals surface area contributed by atoms with Gasteiger partial charge in [-0.15, -0.1) is 0 Å². The quantitative estimate of drug-likeness (QED) is 0.383. The minimum Gasteiger partial charge on any atom is -0.494 e. The number of nitrogens with one attached hydrogen (secondary N) is 1. The third-order valence-corrected chi connectivity index (χ3v) is 6.26. The molecule has 0 aliphatic carbocycles. The van der Waals surface area contributed by atoms with Crippen LogP contribution < -0.4 is 14.2 Å². The molecule has 3 rings (SSSR count). The zero-order chi connectivity index (χ0) is 25.6. The van der Waals surface area contributed by atoms with Gasteiger partial charge >= 0.3 is 0 Å². The summed E-state index contributed by atoms with van der Waals surface area (Å²) in [5.41, 5.74) is 0.252. The smallest absolute Gasteiger partial charge is 0.267 e. The van der Waals surface area contributed by atoms with Crippen LogP contribution in [0.15, 0.2) is 47.6 Å². The monoisotopic (exact) mass is 503 g/mol. The van der Waals surface area contributed by atoms with Gasteiger partial charge in [-0.05, 0) is 38.3 Å². The molecule has 0 radical (unpaired) electrons. The molecule has 0 aliphatic rings. The highest BCUT2D eigenvalue weighted by molar-refractivity contribution is 7.92. The molecule has 11 heteroatoms. The molecule has 0 aliphatic heterocycles. The first-order valence-corrected chi connectivity index (χ1v) is 12.9. The topological polar surface area (TPSA) is 128 Å². The van der Waals surface area contributed by atoms with Gasteiger partial charge in [-0.1, -0.05) is 26.0 Å². The van der Waals surface area contributed by atoms with Crippen molar-refractivity contribution in [3.63, 3.8) is 0 Å². The molecule has 35 heavy (non-hydrogen) atoms. The SMILES string of the molecule is CC(C)CCOc1cccc(-c2cc(OCCC(C)(C)O)nc(NS(=O)(=O)c3cnn(C)c3)n2)c1. The molecule has 0 spiro atoms. The molecular weight excluding hydrogens is 470 g/mol. The van der Waals surface area contributed by atoms with Crippen molar-refractivity contribution in [2.45, 2.75) is 51.0 Å². The van der Waals surface area contributed by atoms with Crippen molar-refractivity contribution in [1.82, 2.24) is 19.7 Å². The summed E-state index contributed by atoms with van der Waals surface area (Å²) >= 11 is 0. The first kappa shape index (κ1) is 26.4. The molecule has 0 saturated carbocycles. The van der Waals surface area contributed by atoms with E-state index in [9.17, 15) is 13.5 Å². The summed E-state index contributed by atoms with van der Waals surface area (Å²) in [6.45, 7) is 8.40. The highest BCUT2D eigenvalue weighted by Gasteiger charge is 2.20. The molecule has 3 aromatic rings. The fourth-order valence-electron chi connectivity index (χ4n) is 2.97. The Morgan fingerprint density at radius 2 is 1.91 bits per heavy atom. The van der Waals surface area contributed by atoms with Crippen LogP contribution in [0.3, 0.4) is 0 Å². The van der Waals surface area contributed by atoms with E-state index >= 15 is 0 Å². The number of rotatable bonds is 12. The Morgan fingerprint density at radius 1 is 1.14 bits per heavy atom. The number of ether oxygens (including phenoxy) is 2. The lowest BCUT2D eigenvalue weighted by Crippen LogP contribution is -2.22. The van der Waals surface area contributed by atoms with Gasteiger partial charge in [0.25, 0.3) is 10.0 Å². The first-order chi connectivity index (χ1) is 16.4. The van der Waals surface area contributed by atoms with Crippen LogP contribution in [-0.4, -0.2) is 52.1 Å². The lowest BCUT2D eigenvalue weighted by molar-refractivity contribution is 0.0547. The van der Waals surface area contributed by atoms with E-state index in [1.807, 2.05) is 24.3 Å². The lowest BCUT2D eigenvalue weighted by atomic mass is 10.1. The number of aliphatic hydroxyl groups is 1. The maximum Gasteiger partial charge on any atom is 0.267 e. The summed E-state index contributed by atoms with van der Waals surface area (Å²) < 4.78 is 41.0. The van der Waals surface area contributed by atoms with Crippen LogP contribution in [-0.2, 0) is 17.1 Å². The fraction of sp³-hybridized carbons (Fsp3) is 0.458. The third kappa shape index (κ3) is 8.22. The van der Waals surface area contributed by atoms with Gasteiger partial charge in [0.2, 0.25) is 11.8 Å². The van der Waals surface area contributed by atoms with E-state index in [0.29, 0.717) is 36.0 Å². The average Bonchev–Trinajstić information content (AvgIpc) is 3.20. The summed E-state index contributed by atoms with van der Waals surface area (Å²) in [7, 11) is -2.33. The van der Waals surface area contributed by atoms with Gasteiger partial charge in [0.1, 0.15) is 10.6 Å². The Bertz CT molecular complexity index is 1240. The average molecular weight is 504 g/mol.